The van der Waals surface area contributed by atoms with E-state index in [0.29, 0.717) is 5.92 Å². The van der Waals surface area contributed by atoms with Crippen LogP contribution in [0.25, 0.3) is 15.9 Å². The van der Waals surface area contributed by atoms with E-state index >= 15 is 0 Å². The first kappa shape index (κ1) is 13.6. The lowest BCUT2D eigenvalue weighted by atomic mass is 10.0. The van der Waals surface area contributed by atoms with Crippen LogP contribution in [0.1, 0.15) is 0 Å². The lowest BCUT2D eigenvalue weighted by Crippen LogP contribution is -2.50. The lowest BCUT2D eigenvalue weighted by Gasteiger charge is -2.40. The predicted molar refractivity (Wildman–Crippen MR) is 92.4 cm³/mol. The summed E-state index contributed by atoms with van der Waals surface area (Å²) in [5.74, 6) is 2.46. The molecule has 24 heavy (non-hydrogen) atoms. The van der Waals surface area contributed by atoms with Gasteiger partial charge in [-0.2, -0.15) is 4.52 Å². The molecule has 0 unspecified atom stereocenters. The van der Waals surface area contributed by atoms with Gasteiger partial charge in [-0.1, -0.05) is 0 Å². The van der Waals surface area contributed by atoms with Crippen LogP contribution in [-0.4, -0.2) is 49.4 Å². The van der Waals surface area contributed by atoms with Crippen molar-refractivity contribution in [2.45, 2.75) is 0 Å². The Kier molecular flexibility index (Phi) is 3.05. The molecule has 1 N–H and O–H groups in total. The summed E-state index contributed by atoms with van der Waals surface area (Å²) in [7, 11) is 0. The number of aromatic nitrogens is 6. The van der Waals surface area contributed by atoms with Crippen molar-refractivity contribution >= 4 is 38.8 Å². The van der Waals surface area contributed by atoms with Gasteiger partial charge in [-0.05, 0) is 23.6 Å². The molecule has 1 fully saturated rings. The fourth-order valence-electron chi connectivity index (χ4n) is 2.93. The van der Waals surface area contributed by atoms with Gasteiger partial charge in [-0.3, -0.25) is 0 Å². The van der Waals surface area contributed by atoms with Crippen LogP contribution in [-0.2, 0) is 0 Å². The maximum Gasteiger partial charge on any atom is 0.177 e. The van der Waals surface area contributed by atoms with Gasteiger partial charge in [-0.25, -0.2) is 9.97 Å². The molecule has 5 heterocycles. The highest BCUT2D eigenvalue weighted by Gasteiger charge is 2.28. The summed E-state index contributed by atoms with van der Waals surface area (Å²) < 4.78 is 2.82. The maximum atomic E-state index is 4.52. The third kappa shape index (κ3) is 2.24. The average Bonchev–Trinajstić information content (AvgIpc) is 3.22. The molecule has 0 radical (unpaired) electrons. The van der Waals surface area contributed by atoms with Crippen LogP contribution in [0.5, 0.6) is 0 Å². The van der Waals surface area contributed by atoms with E-state index in [1.54, 1.807) is 28.5 Å². The number of rotatable bonds is 4. The summed E-state index contributed by atoms with van der Waals surface area (Å²) in [6.45, 7) is 2.86. The van der Waals surface area contributed by atoms with E-state index < -0.39 is 0 Å². The predicted octanol–water partition coefficient (Wildman–Crippen LogP) is 1.68. The third-order valence-corrected chi connectivity index (χ3v) is 5.14. The molecule has 0 aromatic carbocycles. The smallest absolute Gasteiger partial charge is 0.177 e. The summed E-state index contributed by atoms with van der Waals surface area (Å²) in [4.78, 5) is 10.9. The summed E-state index contributed by atoms with van der Waals surface area (Å²) in [6.07, 6.45) is 3.24. The summed E-state index contributed by atoms with van der Waals surface area (Å²) >= 11 is 1.67. The number of hydrogen-bond donors (Lipinski definition) is 1. The average molecular weight is 338 g/mol. The Morgan fingerprint density at radius 3 is 3.12 bits per heavy atom. The van der Waals surface area contributed by atoms with Crippen LogP contribution in [0.4, 0.5) is 11.6 Å². The highest BCUT2D eigenvalue weighted by molar-refractivity contribution is 7.17. The minimum atomic E-state index is 0.577. The van der Waals surface area contributed by atoms with Crippen molar-refractivity contribution in [1.82, 2.24) is 29.8 Å². The third-order valence-electron chi connectivity index (χ3n) is 4.23. The van der Waals surface area contributed by atoms with E-state index in [9.17, 15) is 0 Å². The second-order valence-electron chi connectivity index (χ2n) is 5.83. The van der Waals surface area contributed by atoms with Gasteiger partial charge in [0.15, 0.2) is 5.65 Å². The van der Waals surface area contributed by atoms with Crippen molar-refractivity contribution in [2.75, 3.05) is 29.9 Å². The fourth-order valence-corrected chi connectivity index (χ4v) is 3.74. The quantitative estimate of drug-likeness (QED) is 0.606. The summed E-state index contributed by atoms with van der Waals surface area (Å²) in [5, 5.41) is 17.9. The van der Waals surface area contributed by atoms with Crippen LogP contribution in [0, 0.1) is 5.92 Å². The first-order valence-corrected chi connectivity index (χ1v) is 8.59. The molecule has 4 aromatic rings. The second kappa shape index (κ2) is 5.38. The Balaban J connectivity index is 1.23. The topological polar surface area (TPSA) is 84.1 Å². The summed E-state index contributed by atoms with van der Waals surface area (Å²) in [6, 6.07) is 5.95. The van der Waals surface area contributed by atoms with E-state index in [1.165, 1.54) is 0 Å². The van der Waals surface area contributed by atoms with Crippen molar-refractivity contribution in [3.05, 3.63) is 36.2 Å². The van der Waals surface area contributed by atoms with Crippen molar-refractivity contribution in [3.63, 3.8) is 0 Å². The molecule has 1 saturated heterocycles. The Hall–Kier alpha value is -2.81. The monoisotopic (exact) mass is 338 g/mol. The minimum Gasteiger partial charge on any atom is -0.368 e. The molecular formula is C15H14N8S. The molecular weight excluding hydrogens is 324 g/mol. The molecule has 8 nitrogen and oxygen atoms in total. The first-order chi connectivity index (χ1) is 11.9. The molecule has 9 heteroatoms. The van der Waals surface area contributed by atoms with Crippen molar-refractivity contribution in [1.29, 1.82) is 0 Å². The minimum absolute atomic E-state index is 0.577. The van der Waals surface area contributed by atoms with E-state index in [0.717, 1.165) is 47.1 Å². The first-order valence-electron chi connectivity index (χ1n) is 7.71. The largest absolute Gasteiger partial charge is 0.368 e. The number of hydrogen-bond acceptors (Lipinski definition) is 8. The van der Waals surface area contributed by atoms with Gasteiger partial charge in [0, 0.05) is 25.6 Å². The van der Waals surface area contributed by atoms with Gasteiger partial charge in [0.25, 0.3) is 0 Å². The van der Waals surface area contributed by atoms with Gasteiger partial charge < -0.3 is 10.2 Å². The second-order valence-corrected chi connectivity index (χ2v) is 6.75. The molecule has 0 bridgehead atoms. The molecule has 0 spiro atoms. The Labute approximate surface area is 141 Å². The molecule has 5 rings (SSSR count). The van der Waals surface area contributed by atoms with Crippen LogP contribution < -0.4 is 10.2 Å². The fraction of sp³-hybridized carbons (Fsp3) is 0.267. The van der Waals surface area contributed by atoms with Crippen molar-refractivity contribution < 1.29 is 0 Å². The molecule has 0 atom stereocenters. The summed E-state index contributed by atoms with van der Waals surface area (Å²) in [5.41, 5.74) is 1.76. The Bertz CT molecular complexity index is 1000. The Morgan fingerprint density at radius 1 is 1.21 bits per heavy atom. The zero-order chi connectivity index (χ0) is 15.9. The highest BCUT2D eigenvalue weighted by Crippen LogP contribution is 2.27. The number of fused-ring (bicyclic) bond motifs is 2. The van der Waals surface area contributed by atoms with E-state index in [1.807, 2.05) is 23.6 Å². The molecule has 120 valence electrons. The van der Waals surface area contributed by atoms with Crippen LogP contribution in [0.2, 0.25) is 0 Å². The zero-order valence-corrected chi connectivity index (χ0v) is 13.5. The van der Waals surface area contributed by atoms with Crippen LogP contribution in [0.15, 0.2) is 36.2 Å². The molecule has 1 aliphatic rings. The van der Waals surface area contributed by atoms with E-state index in [-0.39, 0.29) is 0 Å². The molecule has 4 aromatic heterocycles. The standard InChI is InChI=1S/C15H14N8S/c1-2-13(21-23-9-19-20-12(1)23)22-6-10(7-22)5-16-15-14-11(3-4-24-14)17-8-18-15/h1-4,8-10H,5-7H2,(H,16,17,18). The molecule has 0 aliphatic carbocycles. The lowest BCUT2D eigenvalue weighted by molar-refractivity contribution is 0.425. The molecule has 1 aliphatic heterocycles. The van der Waals surface area contributed by atoms with Gasteiger partial charge >= 0.3 is 0 Å². The maximum absolute atomic E-state index is 4.52. The number of nitrogens with zero attached hydrogens (tertiary/aromatic N) is 7. The van der Waals surface area contributed by atoms with Crippen molar-refractivity contribution in [2.24, 2.45) is 5.92 Å². The van der Waals surface area contributed by atoms with Crippen LogP contribution >= 0.6 is 11.3 Å². The van der Waals surface area contributed by atoms with Gasteiger partial charge in [0.2, 0.25) is 0 Å². The number of anilines is 2. The Morgan fingerprint density at radius 2 is 2.17 bits per heavy atom. The van der Waals surface area contributed by atoms with Gasteiger partial charge in [-0.15, -0.1) is 26.6 Å². The van der Waals surface area contributed by atoms with E-state index in [4.69, 9.17) is 0 Å². The van der Waals surface area contributed by atoms with Gasteiger partial charge in [0.05, 0.1) is 10.2 Å². The normalized spacial score (nSPS) is 15.1. The zero-order valence-electron chi connectivity index (χ0n) is 12.7. The highest BCUT2D eigenvalue weighted by atomic mass is 32.1. The van der Waals surface area contributed by atoms with Crippen molar-refractivity contribution in [3.8, 4) is 0 Å². The van der Waals surface area contributed by atoms with Crippen LogP contribution in [0.3, 0.4) is 0 Å². The molecule has 0 saturated carbocycles. The number of thiophene rings is 1. The van der Waals surface area contributed by atoms with Gasteiger partial charge in [0.1, 0.15) is 24.3 Å². The number of nitrogens with one attached hydrogen (secondary N) is 1. The molecule has 0 amide bonds. The SMILES string of the molecule is c1nc(NCC2CN(c3ccc4nncn4n3)C2)c2sccc2n1. The van der Waals surface area contributed by atoms with E-state index in [2.05, 4.69) is 35.5 Å².